The van der Waals surface area contributed by atoms with Gasteiger partial charge < -0.3 is 0 Å². The molecule has 0 nitrogen and oxygen atoms in total. The van der Waals surface area contributed by atoms with Gasteiger partial charge in [-0.15, -0.1) is 24.0 Å². The van der Waals surface area contributed by atoms with E-state index in [1.807, 2.05) is 6.07 Å². The predicted octanol–water partition coefficient (Wildman–Crippen LogP) is 4.15. The van der Waals surface area contributed by atoms with E-state index in [4.69, 9.17) is 11.6 Å². The van der Waals surface area contributed by atoms with Crippen LogP contribution in [0.2, 0.25) is 4.34 Å². The van der Waals surface area contributed by atoms with Crippen molar-refractivity contribution in [1.29, 1.82) is 0 Å². The number of halogens is 1. The molecule has 3 heteroatoms. The highest BCUT2D eigenvalue weighted by Gasteiger charge is 2.03. The van der Waals surface area contributed by atoms with Gasteiger partial charge in [-0.2, -0.15) is 0 Å². The fourth-order valence-electron chi connectivity index (χ4n) is 1.25. The maximum atomic E-state index is 5.89. The second-order valence-electron chi connectivity index (χ2n) is 2.75. The minimum atomic E-state index is 0.825. The molecule has 1 heterocycles. The van der Waals surface area contributed by atoms with Crippen molar-refractivity contribution >= 4 is 45.7 Å². The van der Waals surface area contributed by atoms with Gasteiger partial charge in [-0.3, -0.25) is 0 Å². The number of fused-ring (bicyclic) bond motifs is 1. The summed E-state index contributed by atoms with van der Waals surface area (Å²) in [4.78, 5) is 1.02. The van der Waals surface area contributed by atoms with Gasteiger partial charge in [0.1, 0.15) is 0 Å². The molecule has 0 atom stereocenters. The second kappa shape index (κ2) is 2.95. The number of thiol groups is 1. The van der Waals surface area contributed by atoms with Crippen LogP contribution in [0.4, 0.5) is 0 Å². The van der Waals surface area contributed by atoms with Crippen LogP contribution >= 0.6 is 35.6 Å². The lowest BCUT2D eigenvalue weighted by molar-refractivity contribution is 1.44. The Morgan fingerprint density at radius 1 is 1.33 bits per heavy atom. The SMILES string of the molecule is Cc1cc(S)c2sc(Cl)cc2c1. The van der Waals surface area contributed by atoms with Crippen LogP contribution in [-0.4, -0.2) is 0 Å². The molecule has 62 valence electrons. The van der Waals surface area contributed by atoms with Gasteiger partial charge >= 0.3 is 0 Å². The lowest BCUT2D eigenvalue weighted by Gasteiger charge is -1.96. The van der Waals surface area contributed by atoms with E-state index in [0.717, 1.165) is 9.23 Å². The second-order valence-corrected chi connectivity index (χ2v) is 4.92. The van der Waals surface area contributed by atoms with E-state index >= 15 is 0 Å². The quantitative estimate of drug-likeness (QED) is 0.626. The predicted molar refractivity (Wildman–Crippen MR) is 58.8 cm³/mol. The molecule has 0 amide bonds. The standard InChI is InChI=1S/C9H7ClS2/c1-5-2-6-4-8(10)12-9(6)7(11)3-5/h2-4,11H,1H3. The van der Waals surface area contributed by atoms with Crippen molar-refractivity contribution in [1.82, 2.24) is 0 Å². The molecule has 12 heavy (non-hydrogen) atoms. The van der Waals surface area contributed by atoms with Crippen molar-refractivity contribution in [3.63, 3.8) is 0 Å². The summed E-state index contributed by atoms with van der Waals surface area (Å²) in [5.41, 5.74) is 1.22. The number of thiophene rings is 1. The van der Waals surface area contributed by atoms with Gasteiger partial charge in [0.05, 0.1) is 4.34 Å². The Hall–Kier alpha value is -0.180. The van der Waals surface area contributed by atoms with E-state index in [9.17, 15) is 0 Å². The lowest BCUT2D eigenvalue weighted by Crippen LogP contribution is -1.71. The lowest BCUT2D eigenvalue weighted by atomic mass is 10.2. The molecule has 0 unspecified atom stereocenters. The van der Waals surface area contributed by atoms with Crippen LogP contribution in [-0.2, 0) is 0 Å². The Morgan fingerprint density at radius 3 is 2.83 bits per heavy atom. The molecule has 1 aromatic heterocycles. The van der Waals surface area contributed by atoms with Crippen molar-refractivity contribution in [3.8, 4) is 0 Å². The van der Waals surface area contributed by atoms with Gasteiger partial charge in [0, 0.05) is 9.60 Å². The summed E-state index contributed by atoms with van der Waals surface area (Å²) in [7, 11) is 0. The van der Waals surface area contributed by atoms with Crippen molar-refractivity contribution in [2.75, 3.05) is 0 Å². The topological polar surface area (TPSA) is 0 Å². The van der Waals surface area contributed by atoms with Crippen molar-refractivity contribution in [2.45, 2.75) is 11.8 Å². The average molecular weight is 215 g/mol. The summed E-state index contributed by atoms with van der Waals surface area (Å²) < 4.78 is 2.00. The molecule has 0 aliphatic rings. The highest BCUT2D eigenvalue weighted by molar-refractivity contribution is 7.80. The van der Waals surface area contributed by atoms with Crippen molar-refractivity contribution < 1.29 is 0 Å². The zero-order valence-electron chi connectivity index (χ0n) is 6.47. The molecule has 1 aromatic carbocycles. The van der Waals surface area contributed by atoms with Gasteiger partial charge in [0.25, 0.3) is 0 Å². The van der Waals surface area contributed by atoms with Crippen molar-refractivity contribution in [2.24, 2.45) is 0 Å². The molecule has 0 saturated heterocycles. The molecule has 2 aromatic rings. The van der Waals surface area contributed by atoms with Crippen LogP contribution < -0.4 is 0 Å². The van der Waals surface area contributed by atoms with Gasteiger partial charge in [-0.1, -0.05) is 17.7 Å². The normalized spacial score (nSPS) is 10.9. The Balaban J connectivity index is 2.88. The Bertz CT molecular complexity index is 431. The number of hydrogen-bond acceptors (Lipinski definition) is 2. The molecule has 0 N–H and O–H groups in total. The number of hydrogen-bond donors (Lipinski definition) is 1. The van der Waals surface area contributed by atoms with Crippen LogP contribution in [0.25, 0.3) is 10.1 Å². The Kier molecular flexibility index (Phi) is 2.07. The maximum absolute atomic E-state index is 5.89. The van der Waals surface area contributed by atoms with E-state index in [1.165, 1.54) is 15.6 Å². The maximum Gasteiger partial charge on any atom is 0.0941 e. The highest BCUT2D eigenvalue weighted by atomic mass is 35.5. The number of aryl methyl sites for hydroxylation is 1. The van der Waals surface area contributed by atoms with Crippen molar-refractivity contribution in [3.05, 3.63) is 28.1 Å². The van der Waals surface area contributed by atoms with E-state index in [2.05, 4.69) is 31.7 Å². The molecule has 0 spiro atoms. The average Bonchev–Trinajstić information content (AvgIpc) is 2.29. The van der Waals surface area contributed by atoms with Crippen LogP contribution in [0.1, 0.15) is 5.56 Å². The molecule has 0 fully saturated rings. The molecule has 0 saturated carbocycles. The zero-order chi connectivity index (χ0) is 8.72. The van der Waals surface area contributed by atoms with Gasteiger partial charge in [0.15, 0.2) is 0 Å². The third-order valence-electron chi connectivity index (χ3n) is 1.71. The van der Waals surface area contributed by atoms with E-state index in [0.29, 0.717) is 0 Å². The first-order chi connectivity index (χ1) is 5.66. The molecule has 0 aliphatic carbocycles. The molecular weight excluding hydrogens is 208 g/mol. The van der Waals surface area contributed by atoms with E-state index in [-0.39, 0.29) is 0 Å². The van der Waals surface area contributed by atoms with Crippen LogP contribution in [0.5, 0.6) is 0 Å². The third-order valence-corrected chi connectivity index (χ3v) is 3.53. The number of benzene rings is 1. The van der Waals surface area contributed by atoms with Crippen LogP contribution in [0.3, 0.4) is 0 Å². The summed E-state index contributed by atoms with van der Waals surface area (Å²) in [6.07, 6.45) is 0. The molecule has 0 aliphatic heterocycles. The minimum absolute atomic E-state index is 0.825. The summed E-state index contributed by atoms with van der Waals surface area (Å²) >= 11 is 11.9. The fourth-order valence-corrected chi connectivity index (χ4v) is 2.85. The fraction of sp³-hybridized carbons (Fsp3) is 0.111. The van der Waals surface area contributed by atoms with Gasteiger partial charge in [-0.25, -0.2) is 0 Å². The first-order valence-corrected chi connectivity index (χ1v) is 5.19. The summed E-state index contributed by atoms with van der Waals surface area (Å²) in [6, 6.07) is 6.16. The summed E-state index contributed by atoms with van der Waals surface area (Å²) in [6.45, 7) is 2.06. The van der Waals surface area contributed by atoms with Gasteiger partial charge in [-0.05, 0) is 30.0 Å². The summed E-state index contributed by atoms with van der Waals surface area (Å²) in [5.74, 6) is 0. The largest absolute Gasteiger partial charge is 0.142 e. The minimum Gasteiger partial charge on any atom is -0.142 e. The van der Waals surface area contributed by atoms with Gasteiger partial charge in [0.2, 0.25) is 0 Å². The third kappa shape index (κ3) is 1.35. The van der Waals surface area contributed by atoms with Crippen LogP contribution in [0.15, 0.2) is 23.1 Å². The monoisotopic (exact) mass is 214 g/mol. The first-order valence-electron chi connectivity index (χ1n) is 3.55. The van der Waals surface area contributed by atoms with E-state index in [1.54, 1.807) is 11.3 Å². The summed E-state index contributed by atoms with van der Waals surface area (Å²) in [5, 5.41) is 1.19. The Labute approximate surface area is 85.6 Å². The van der Waals surface area contributed by atoms with Crippen LogP contribution in [0, 0.1) is 6.92 Å². The number of rotatable bonds is 0. The van der Waals surface area contributed by atoms with E-state index < -0.39 is 0 Å². The Morgan fingerprint density at radius 2 is 2.08 bits per heavy atom. The molecule has 0 bridgehead atoms. The molecule has 2 rings (SSSR count). The highest BCUT2D eigenvalue weighted by Crippen LogP contribution is 2.34. The first kappa shape index (κ1) is 8.42. The smallest absolute Gasteiger partial charge is 0.0941 e. The molecular formula is C9H7ClS2. The zero-order valence-corrected chi connectivity index (χ0v) is 8.93. The molecule has 0 radical (unpaired) electrons.